The Labute approximate surface area is 188 Å². The molecule has 3 rings (SSSR count). The van der Waals surface area contributed by atoms with Gasteiger partial charge in [0.25, 0.3) is 0 Å². The molecular formula is C24H30N4O2S. The van der Waals surface area contributed by atoms with Crippen LogP contribution in [0.1, 0.15) is 56.8 Å². The van der Waals surface area contributed by atoms with Gasteiger partial charge in [0.05, 0.1) is 11.8 Å². The molecule has 0 saturated carbocycles. The molecule has 0 fully saturated rings. The topological polar surface area (TPSA) is 69.0 Å². The van der Waals surface area contributed by atoms with Crippen LogP contribution >= 0.6 is 11.8 Å². The van der Waals surface area contributed by atoms with Crippen LogP contribution in [0.5, 0.6) is 5.75 Å². The predicted octanol–water partition coefficient (Wildman–Crippen LogP) is 4.97. The van der Waals surface area contributed by atoms with Crippen LogP contribution in [0.4, 0.5) is 0 Å². The fourth-order valence-electron chi connectivity index (χ4n) is 3.30. The molecule has 0 aliphatic rings. The molecule has 7 heteroatoms. The van der Waals surface area contributed by atoms with Crippen LogP contribution in [0.15, 0.2) is 59.8 Å². The second-order valence-electron chi connectivity index (χ2n) is 7.33. The van der Waals surface area contributed by atoms with Gasteiger partial charge in [-0.15, -0.1) is 10.2 Å². The number of ether oxygens (including phenoxy) is 1. The summed E-state index contributed by atoms with van der Waals surface area (Å²) < 4.78 is 8.07. The Morgan fingerprint density at radius 3 is 2.42 bits per heavy atom. The zero-order valence-corrected chi connectivity index (χ0v) is 19.4. The molecule has 2 aromatic carbocycles. The highest BCUT2D eigenvalue weighted by Gasteiger charge is 2.20. The van der Waals surface area contributed by atoms with Gasteiger partial charge < -0.3 is 14.6 Å². The zero-order valence-electron chi connectivity index (χ0n) is 18.5. The molecule has 2 unspecified atom stereocenters. The molecule has 2 atom stereocenters. The minimum atomic E-state index is -0.249. The molecule has 1 aromatic heterocycles. The average molecular weight is 439 g/mol. The fraction of sp³-hybridized carbons (Fsp3) is 0.375. The average Bonchev–Trinajstić information content (AvgIpc) is 3.22. The van der Waals surface area contributed by atoms with E-state index in [9.17, 15) is 4.79 Å². The lowest BCUT2D eigenvalue weighted by atomic mass is 10.1. The largest absolute Gasteiger partial charge is 0.483 e. The van der Waals surface area contributed by atoms with Gasteiger partial charge in [0, 0.05) is 6.54 Å². The second kappa shape index (κ2) is 11.0. The van der Waals surface area contributed by atoms with Crippen molar-refractivity contribution in [1.82, 2.24) is 20.1 Å². The number of amides is 1. The maximum Gasteiger partial charge on any atom is 0.230 e. The smallest absolute Gasteiger partial charge is 0.230 e. The summed E-state index contributed by atoms with van der Waals surface area (Å²) in [5, 5.41) is 12.4. The lowest BCUT2D eigenvalue weighted by Gasteiger charge is -2.16. The number of benzene rings is 2. The summed E-state index contributed by atoms with van der Waals surface area (Å²) >= 11 is 1.39. The van der Waals surface area contributed by atoms with Gasteiger partial charge in [-0.1, -0.05) is 61.2 Å². The van der Waals surface area contributed by atoms with Crippen molar-refractivity contribution in [3.63, 3.8) is 0 Å². The van der Waals surface area contributed by atoms with Crippen LogP contribution < -0.4 is 10.1 Å². The van der Waals surface area contributed by atoms with Crippen LogP contribution in [0.3, 0.4) is 0 Å². The normalized spacial score (nSPS) is 12.9. The van der Waals surface area contributed by atoms with Gasteiger partial charge in [-0.25, -0.2) is 0 Å². The molecule has 0 spiro atoms. The van der Waals surface area contributed by atoms with Crippen LogP contribution in [0.25, 0.3) is 0 Å². The lowest BCUT2D eigenvalue weighted by Crippen LogP contribution is -2.28. The van der Waals surface area contributed by atoms with Crippen molar-refractivity contribution >= 4 is 17.7 Å². The van der Waals surface area contributed by atoms with Gasteiger partial charge in [0.1, 0.15) is 5.75 Å². The molecule has 0 saturated heterocycles. The first-order valence-corrected chi connectivity index (χ1v) is 11.7. The molecule has 31 heavy (non-hydrogen) atoms. The Bertz CT molecular complexity index is 973. The summed E-state index contributed by atoms with van der Waals surface area (Å²) in [5.41, 5.74) is 2.35. The predicted molar refractivity (Wildman–Crippen MR) is 124 cm³/mol. The van der Waals surface area contributed by atoms with Gasteiger partial charge in [-0.2, -0.15) is 0 Å². The first-order chi connectivity index (χ1) is 15.0. The van der Waals surface area contributed by atoms with Crippen molar-refractivity contribution in [3.8, 4) is 5.75 Å². The third-order valence-electron chi connectivity index (χ3n) is 5.08. The molecule has 164 valence electrons. The van der Waals surface area contributed by atoms with E-state index in [2.05, 4.69) is 34.6 Å². The van der Waals surface area contributed by atoms with Crippen LogP contribution in [-0.4, -0.2) is 26.4 Å². The SMILES string of the molecule is CCc1ccc(OC(C)c2nnc(SCC(=O)NC(C)c3ccccc3)n2CC)cc1. The molecule has 1 amide bonds. The summed E-state index contributed by atoms with van der Waals surface area (Å²) in [7, 11) is 0. The number of rotatable bonds is 10. The van der Waals surface area contributed by atoms with E-state index < -0.39 is 0 Å². The number of aromatic nitrogens is 3. The number of aryl methyl sites for hydroxylation is 1. The summed E-state index contributed by atoms with van der Waals surface area (Å²) in [6.07, 6.45) is 0.749. The molecule has 0 radical (unpaired) electrons. The van der Waals surface area contributed by atoms with Gasteiger partial charge in [0.2, 0.25) is 5.91 Å². The second-order valence-corrected chi connectivity index (χ2v) is 8.27. The molecule has 3 aromatic rings. The van der Waals surface area contributed by atoms with E-state index >= 15 is 0 Å². The molecule has 6 nitrogen and oxygen atoms in total. The number of nitrogens with one attached hydrogen (secondary N) is 1. The zero-order chi connectivity index (χ0) is 22.2. The third kappa shape index (κ3) is 6.10. The van der Waals surface area contributed by atoms with Crippen LogP contribution in [0, 0.1) is 0 Å². The number of thioether (sulfide) groups is 1. The maximum absolute atomic E-state index is 12.4. The van der Waals surface area contributed by atoms with Crippen molar-refractivity contribution in [1.29, 1.82) is 0 Å². The van der Waals surface area contributed by atoms with E-state index in [0.717, 1.165) is 28.7 Å². The lowest BCUT2D eigenvalue weighted by molar-refractivity contribution is -0.119. The molecule has 0 aliphatic heterocycles. The van der Waals surface area contributed by atoms with E-state index in [0.29, 0.717) is 6.54 Å². The molecule has 1 N–H and O–H groups in total. The molecular weight excluding hydrogens is 408 g/mol. The van der Waals surface area contributed by atoms with Crippen molar-refractivity contribution < 1.29 is 9.53 Å². The Hall–Kier alpha value is -2.80. The van der Waals surface area contributed by atoms with E-state index in [1.54, 1.807) is 0 Å². The molecule has 0 aliphatic carbocycles. The van der Waals surface area contributed by atoms with E-state index in [4.69, 9.17) is 4.74 Å². The first kappa shape index (κ1) is 22.9. The number of hydrogen-bond acceptors (Lipinski definition) is 5. The molecule has 1 heterocycles. The monoisotopic (exact) mass is 438 g/mol. The summed E-state index contributed by atoms with van der Waals surface area (Å²) in [6, 6.07) is 18.0. The van der Waals surface area contributed by atoms with E-state index in [1.165, 1.54) is 17.3 Å². The summed E-state index contributed by atoms with van der Waals surface area (Å²) in [6.45, 7) is 8.82. The van der Waals surface area contributed by atoms with E-state index in [-0.39, 0.29) is 23.8 Å². The highest BCUT2D eigenvalue weighted by Crippen LogP contribution is 2.25. The van der Waals surface area contributed by atoms with Crippen LogP contribution in [0.2, 0.25) is 0 Å². The van der Waals surface area contributed by atoms with Gasteiger partial charge in [-0.05, 0) is 50.5 Å². The summed E-state index contributed by atoms with van der Waals surface area (Å²) in [5.74, 6) is 1.80. The highest BCUT2D eigenvalue weighted by molar-refractivity contribution is 7.99. The number of carbonyl (C=O) groups is 1. The van der Waals surface area contributed by atoms with Crippen molar-refractivity contribution in [2.24, 2.45) is 0 Å². The van der Waals surface area contributed by atoms with Crippen molar-refractivity contribution in [3.05, 3.63) is 71.5 Å². The van der Waals surface area contributed by atoms with Crippen LogP contribution in [-0.2, 0) is 17.8 Å². The number of nitrogens with zero attached hydrogens (tertiary/aromatic N) is 3. The first-order valence-electron chi connectivity index (χ1n) is 10.7. The van der Waals surface area contributed by atoms with Crippen molar-refractivity contribution in [2.45, 2.75) is 58.0 Å². The molecule has 0 bridgehead atoms. The number of carbonyl (C=O) groups excluding carboxylic acids is 1. The third-order valence-corrected chi connectivity index (χ3v) is 6.05. The van der Waals surface area contributed by atoms with E-state index in [1.807, 2.05) is 67.8 Å². The number of hydrogen-bond donors (Lipinski definition) is 1. The Morgan fingerprint density at radius 2 is 1.77 bits per heavy atom. The Kier molecular flexibility index (Phi) is 8.12. The van der Waals surface area contributed by atoms with Gasteiger partial charge in [-0.3, -0.25) is 4.79 Å². The minimum Gasteiger partial charge on any atom is -0.483 e. The van der Waals surface area contributed by atoms with Gasteiger partial charge in [0.15, 0.2) is 17.1 Å². The Morgan fingerprint density at radius 1 is 1.06 bits per heavy atom. The maximum atomic E-state index is 12.4. The Balaban J connectivity index is 1.59. The minimum absolute atomic E-state index is 0.0335. The highest BCUT2D eigenvalue weighted by atomic mass is 32.2. The fourth-order valence-corrected chi connectivity index (χ4v) is 4.12. The summed E-state index contributed by atoms with van der Waals surface area (Å²) in [4.78, 5) is 12.4. The quantitative estimate of drug-likeness (QED) is 0.453. The standard InChI is InChI=1S/C24H30N4O2S/c1-5-19-12-14-21(15-13-19)30-18(4)23-26-27-24(28(23)6-2)31-16-22(29)25-17(3)20-10-8-7-9-11-20/h7-15,17-18H,5-6,16H2,1-4H3,(H,25,29). The van der Waals surface area contributed by atoms with Gasteiger partial charge >= 0.3 is 0 Å². The van der Waals surface area contributed by atoms with Crippen molar-refractivity contribution in [2.75, 3.05) is 5.75 Å².